The summed E-state index contributed by atoms with van der Waals surface area (Å²) in [7, 11) is 0. The maximum absolute atomic E-state index is 5.27. The summed E-state index contributed by atoms with van der Waals surface area (Å²) in [6.45, 7) is 0. The van der Waals surface area contributed by atoms with Gasteiger partial charge in [-0.1, -0.05) is 72.8 Å². The Labute approximate surface area is 180 Å². The Kier molecular flexibility index (Phi) is 3.48. The van der Waals surface area contributed by atoms with Gasteiger partial charge in [0.1, 0.15) is 0 Å². The number of hydrogen-bond donors (Lipinski definition) is 0. The van der Waals surface area contributed by atoms with Crippen molar-refractivity contribution in [2.45, 2.75) is 19.3 Å². The van der Waals surface area contributed by atoms with E-state index in [1.807, 2.05) is 0 Å². The van der Waals surface area contributed by atoms with Gasteiger partial charge in [0, 0.05) is 21.5 Å². The zero-order valence-electron chi connectivity index (χ0n) is 17.1. The lowest BCUT2D eigenvalue weighted by atomic mass is 9.99. The Hall–Kier alpha value is -3.78. The summed E-state index contributed by atoms with van der Waals surface area (Å²) >= 11 is 0. The molecule has 0 amide bonds. The molecule has 0 atom stereocenters. The second-order valence-electron chi connectivity index (χ2n) is 8.56. The largest absolute Gasteiger partial charge is 0.245 e. The van der Waals surface area contributed by atoms with E-state index in [4.69, 9.17) is 9.97 Å². The van der Waals surface area contributed by atoms with Crippen LogP contribution in [-0.4, -0.2) is 9.97 Å². The molecule has 0 spiro atoms. The van der Waals surface area contributed by atoms with E-state index in [9.17, 15) is 0 Å². The number of benzene rings is 4. The standard InChI is InChI=1S/C29H20N2/c1-3-10-24-18(6-1)12-14-22-16-20-8-5-9-21-17-23-15-13-19-7-2-4-11-25(19)27(23)31-29(21)28(20)30-26(22)24/h1-4,6-7,10-17H,5,8-9H2. The lowest BCUT2D eigenvalue weighted by Gasteiger charge is -2.13. The Morgan fingerprint density at radius 3 is 1.45 bits per heavy atom. The molecule has 7 rings (SSSR count). The second kappa shape index (κ2) is 6.36. The van der Waals surface area contributed by atoms with E-state index < -0.39 is 0 Å². The van der Waals surface area contributed by atoms with Crippen LogP contribution in [0.1, 0.15) is 17.5 Å². The zero-order valence-corrected chi connectivity index (χ0v) is 17.1. The number of pyridine rings is 2. The van der Waals surface area contributed by atoms with Crippen LogP contribution in [0.25, 0.3) is 54.7 Å². The number of fused-ring (bicyclic) bond motifs is 9. The van der Waals surface area contributed by atoms with Crippen LogP contribution in [0, 0.1) is 0 Å². The van der Waals surface area contributed by atoms with Gasteiger partial charge in [0.05, 0.1) is 22.4 Å². The van der Waals surface area contributed by atoms with Crippen molar-refractivity contribution in [1.29, 1.82) is 0 Å². The molecule has 1 aliphatic rings. The first-order valence-corrected chi connectivity index (χ1v) is 11.0. The van der Waals surface area contributed by atoms with Crippen LogP contribution in [-0.2, 0) is 12.8 Å². The van der Waals surface area contributed by atoms with E-state index in [1.165, 1.54) is 43.4 Å². The minimum Gasteiger partial charge on any atom is -0.245 e. The summed E-state index contributed by atoms with van der Waals surface area (Å²) in [4.78, 5) is 10.5. The van der Waals surface area contributed by atoms with Gasteiger partial charge in [-0.2, -0.15) is 0 Å². The van der Waals surface area contributed by atoms with Crippen molar-refractivity contribution in [3.05, 3.63) is 96.1 Å². The molecule has 0 unspecified atom stereocenters. The van der Waals surface area contributed by atoms with Crippen LogP contribution in [0.5, 0.6) is 0 Å². The Morgan fingerprint density at radius 1 is 0.484 bits per heavy atom. The van der Waals surface area contributed by atoms with Crippen molar-refractivity contribution in [3.8, 4) is 11.4 Å². The summed E-state index contributed by atoms with van der Waals surface area (Å²) in [6, 6.07) is 30.5. The fourth-order valence-corrected chi connectivity index (χ4v) is 5.17. The van der Waals surface area contributed by atoms with E-state index >= 15 is 0 Å². The molecule has 0 saturated carbocycles. The van der Waals surface area contributed by atoms with Crippen molar-refractivity contribution in [1.82, 2.24) is 9.97 Å². The van der Waals surface area contributed by atoms with Gasteiger partial charge in [0.2, 0.25) is 0 Å². The van der Waals surface area contributed by atoms with E-state index in [0.29, 0.717) is 0 Å². The van der Waals surface area contributed by atoms with Gasteiger partial charge in [0.25, 0.3) is 0 Å². The van der Waals surface area contributed by atoms with Crippen LogP contribution in [0.3, 0.4) is 0 Å². The molecule has 6 aromatic rings. The zero-order chi connectivity index (χ0) is 20.4. The van der Waals surface area contributed by atoms with Crippen LogP contribution in [0.4, 0.5) is 0 Å². The second-order valence-corrected chi connectivity index (χ2v) is 8.56. The van der Waals surface area contributed by atoms with E-state index in [-0.39, 0.29) is 0 Å². The highest BCUT2D eigenvalue weighted by Gasteiger charge is 2.20. The van der Waals surface area contributed by atoms with Gasteiger partial charge >= 0.3 is 0 Å². The van der Waals surface area contributed by atoms with Crippen LogP contribution in [0.2, 0.25) is 0 Å². The van der Waals surface area contributed by atoms with Gasteiger partial charge in [-0.05, 0) is 53.3 Å². The monoisotopic (exact) mass is 396 g/mol. The highest BCUT2D eigenvalue weighted by Crippen LogP contribution is 2.36. The molecule has 31 heavy (non-hydrogen) atoms. The SMILES string of the molecule is c1ccc2c(c1)ccc1cc3c(nc12)-c1nc2c(ccc4ccccc42)cc1CCC3. The number of aromatic nitrogens is 2. The minimum absolute atomic E-state index is 1.04. The maximum Gasteiger partial charge on any atom is 0.0929 e. The molecule has 2 aromatic heterocycles. The van der Waals surface area contributed by atoms with Crippen molar-refractivity contribution >= 4 is 43.4 Å². The Morgan fingerprint density at radius 2 is 0.935 bits per heavy atom. The highest BCUT2D eigenvalue weighted by atomic mass is 14.8. The summed E-state index contributed by atoms with van der Waals surface area (Å²) in [5.74, 6) is 0. The predicted octanol–water partition coefficient (Wildman–Crippen LogP) is 7.25. The third-order valence-electron chi connectivity index (χ3n) is 6.70. The van der Waals surface area contributed by atoms with Crippen LogP contribution in [0.15, 0.2) is 84.9 Å². The molecule has 2 heteroatoms. The molecule has 1 aliphatic carbocycles. The molecule has 0 bridgehead atoms. The van der Waals surface area contributed by atoms with Crippen molar-refractivity contribution in [2.24, 2.45) is 0 Å². The van der Waals surface area contributed by atoms with Gasteiger partial charge in [0.15, 0.2) is 0 Å². The highest BCUT2D eigenvalue weighted by molar-refractivity contribution is 6.07. The third-order valence-corrected chi connectivity index (χ3v) is 6.70. The topological polar surface area (TPSA) is 25.8 Å². The molecule has 2 heterocycles. The number of aryl methyl sites for hydroxylation is 2. The molecule has 0 saturated heterocycles. The van der Waals surface area contributed by atoms with Crippen molar-refractivity contribution in [3.63, 3.8) is 0 Å². The number of nitrogens with zero attached hydrogens (tertiary/aromatic N) is 2. The molecule has 4 aromatic carbocycles. The Balaban J connectivity index is 1.59. The van der Waals surface area contributed by atoms with Crippen molar-refractivity contribution in [2.75, 3.05) is 0 Å². The minimum atomic E-state index is 1.04. The maximum atomic E-state index is 5.27. The number of hydrogen-bond acceptors (Lipinski definition) is 2. The quantitative estimate of drug-likeness (QED) is 0.253. The smallest absolute Gasteiger partial charge is 0.0929 e. The lowest BCUT2D eigenvalue weighted by molar-refractivity contribution is 0.834. The first-order valence-electron chi connectivity index (χ1n) is 11.0. The molecular weight excluding hydrogens is 376 g/mol. The van der Waals surface area contributed by atoms with Gasteiger partial charge in [-0.3, -0.25) is 0 Å². The third kappa shape index (κ3) is 2.51. The van der Waals surface area contributed by atoms with Gasteiger partial charge < -0.3 is 0 Å². The average Bonchev–Trinajstić information content (AvgIpc) is 3.00. The summed E-state index contributed by atoms with van der Waals surface area (Å²) in [6.07, 6.45) is 3.21. The fraction of sp³-hybridized carbons (Fsp3) is 0.103. The predicted molar refractivity (Wildman–Crippen MR) is 130 cm³/mol. The van der Waals surface area contributed by atoms with Gasteiger partial charge in [-0.25, -0.2) is 9.97 Å². The van der Waals surface area contributed by atoms with E-state index in [1.54, 1.807) is 0 Å². The van der Waals surface area contributed by atoms with Crippen LogP contribution < -0.4 is 0 Å². The molecule has 0 aliphatic heterocycles. The first kappa shape index (κ1) is 17.0. The Bertz CT molecular complexity index is 1540. The molecule has 0 N–H and O–H groups in total. The van der Waals surface area contributed by atoms with E-state index in [0.717, 1.165) is 41.7 Å². The average molecular weight is 396 g/mol. The molecular formula is C29H20N2. The summed E-state index contributed by atoms with van der Waals surface area (Å²) in [5.41, 5.74) is 6.90. The van der Waals surface area contributed by atoms with Gasteiger partial charge in [-0.15, -0.1) is 0 Å². The van der Waals surface area contributed by atoms with Crippen molar-refractivity contribution < 1.29 is 0 Å². The molecule has 146 valence electrons. The van der Waals surface area contributed by atoms with E-state index in [2.05, 4.69) is 84.9 Å². The first-order chi connectivity index (χ1) is 15.3. The summed E-state index contributed by atoms with van der Waals surface area (Å²) < 4.78 is 0. The molecule has 0 radical (unpaired) electrons. The molecule has 0 fully saturated rings. The normalized spacial score (nSPS) is 13.4. The fourth-order valence-electron chi connectivity index (χ4n) is 5.17. The lowest BCUT2D eigenvalue weighted by Crippen LogP contribution is -1.97. The molecule has 2 nitrogen and oxygen atoms in total. The van der Waals surface area contributed by atoms with Crippen LogP contribution >= 0.6 is 0 Å². The summed E-state index contributed by atoms with van der Waals surface area (Å²) in [5, 5.41) is 7.31. The number of rotatable bonds is 0.